The molecule has 88 valence electrons. The van der Waals surface area contributed by atoms with Crippen LogP contribution in [-0.2, 0) is 11.2 Å². The molecule has 1 aromatic rings. The molecule has 1 aliphatic rings. The maximum Gasteiger partial charge on any atom is 0.339 e. The Morgan fingerprint density at radius 1 is 1.47 bits per heavy atom. The van der Waals surface area contributed by atoms with E-state index in [1.807, 2.05) is 12.1 Å². The molecular weight excluding hydrogens is 216 g/mol. The van der Waals surface area contributed by atoms with Crippen molar-refractivity contribution in [2.45, 2.75) is 12.8 Å². The Hall–Kier alpha value is -2.03. The number of aliphatic carboxylic acids is 1. The zero-order valence-corrected chi connectivity index (χ0v) is 9.39. The largest absolute Gasteiger partial charge is 0.511 e. The van der Waals surface area contributed by atoms with Gasteiger partial charge >= 0.3 is 5.97 Å². The fourth-order valence-corrected chi connectivity index (χ4v) is 2.27. The van der Waals surface area contributed by atoms with E-state index in [1.54, 1.807) is 18.2 Å². The number of aliphatic hydroxyl groups excluding tert-OH is 1. The van der Waals surface area contributed by atoms with Gasteiger partial charge in [-0.25, -0.2) is 4.79 Å². The normalized spacial score (nSPS) is 18.7. The fourth-order valence-electron chi connectivity index (χ4n) is 2.27. The highest BCUT2D eigenvalue weighted by Crippen LogP contribution is 2.35. The van der Waals surface area contributed by atoms with Gasteiger partial charge in [0.25, 0.3) is 0 Å². The number of hydrogen-bond donors (Lipinski definition) is 2. The van der Waals surface area contributed by atoms with Crippen molar-refractivity contribution in [3.05, 3.63) is 53.8 Å². The highest BCUT2D eigenvalue weighted by Gasteiger charge is 2.29. The molecule has 0 saturated heterocycles. The lowest BCUT2D eigenvalue weighted by atomic mass is 9.81. The van der Waals surface area contributed by atoms with E-state index < -0.39 is 5.97 Å². The molecule has 2 rings (SSSR count). The van der Waals surface area contributed by atoms with E-state index in [9.17, 15) is 15.0 Å². The average molecular weight is 230 g/mol. The first kappa shape index (κ1) is 11.5. The third-order valence-electron chi connectivity index (χ3n) is 3.06. The van der Waals surface area contributed by atoms with Crippen molar-refractivity contribution in [1.29, 1.82) is 0 Å². The van der Waals surface area contributed by atoms with Crippen LogP contribution in [0.15, 0.2) is 42.7 Å². The summed E-state index contributed by atoms with van der Waals surface area (Å²) in [5.74, 6) is -1.28. The Morgan fingerprint density at radius 2 is 2.18 bits per heavy atom. The number of allylic oxidation sites excluding steroid dienone is 2. The molecule has 1 unspecified atom stereocenters. The number of fused-ring (bicyclic) bond motifs is 1. The maximum atomic E-state index is 11.2. The number of carbonyl (C=O) groups is 1. The number of benzene rings is 1. The lowest BCUT2D eigenvalue weighted by Crippen LogP contribution is -2.19. The fraction of sp³-hybridized carbons (Fsp3) is 0.214. The van der Waals surface area contributed by atoms with Crippen LogP contribution in [0.2, 0.25) is 0 Å². The van der Waals surface area contributed by atoms with Crippen molar-refractivity contribution < 1.29 is 15.0 Å². The Bertz CT molecular complexity index is 500. The molecule has 1 aliphatic carbocycles. The third-order valence-corrected chi connectivity index (χ3v) is 3.06. The molecule has 0 radical (unpaired) electrons. The van der Waals surface area contributed by atoms with Crippen LogP contribution in [0.1, 0.15) is 17.5 Å². The van der Waals surface area contributed by atoms with Gasteiger partial charge in [-0.05, 0) is 24.0 Å². The van der Waals surface area contributed by atoms with E-state index in [-0.39, 0.29) is 17.3 Å². The van der Waals surface area contributed by atoms with Crippen molar-refractivity contribution in [2.24, 2.45) is 5.92 Å². The summed E-state index contributed by atoms with van der Waals surface area (Å²) in [5, 5.41) is 19.2. The minimum Gasteiger partial charge on any atom is -0.511 e. The highest BCUT2D eigenvalue weighted by atomic mass is 16.4. The lowest BCUT2D eigenvalue weighted by Gasteiger charge is -2.24. The minimum absolute atomic E-state index is 0.0266. The molecule has 2 N–H and O–H groups in total. The van der Waals surface area contributed by atoms with E-state index in [1.165, 1.54) is 0 Å². The van der Waals surface area contributed by atoms with Crippen molar-refractivity contribution in [3.63, 3.8) is 0 Å². The van der Waals surface area contributed by atoms with Crippen LogP contribution < -0.4 is 0 Å². The van der Waals surface area contributed by atoms with Crippen LogP contribution >= 0.6 is 0 Å². The number of carboxylic acid groups (broad SMARTS) is 1. The van der Waals surface area contributed by atoms with E-state index in [0.717, 1.165) is 5.56 Å². The van der Waals surface area contributed by atoms with Crippen LogP contribution in [0.25, 0.3) is 5.57 Å². The molecule has 0 heterocycles. The van der Waals surface area contributed by atoms with Crippen molar-refractivity contribution in [2.75, 3.05) is 0 Å². The standard InChI is InChI=1S/C14H14O3/c1-2-5-10-8-9-6-3-4-7-11(9)12(13(10)15)14(16)17/h2-4,6-7,10,15H,1,5,8H2,(H,16,17). The number of rotatable bonds is 3. The van der Waals surface area contributed by atoms with Crippen molar-refractivity contribution >= 4 is 11.5 Å². The van der Waals surface area contributed by atoms with E-state index in [2.05, 4.69) is 6.58 Å². The molecule has 3 nitrogen and oxygen atoms in total. The monoisotopic (exact) mass is 230 g/mol. The first-order valence-corrected chi connectivity index (χ1v) is 5.50. The summed E-state index contributed by atoms with van der Waals surface area (Å²) in [6.45, 7) is 3.63. The minimum atomic E-state index is -1.08. The molecule has 0 amide bonds. The molecule has 17 heavy (non-hydrogen) atoms. The first-order valence-electron chi connectivity index (χ1n) is 5.50. The van der Waals surface area contributed by atoms with Gasteiger partial charge in [0, 0.05) is 5.92 Å². The van der Waals surface area contributed by atoms with Crippen LogP contribution in [-0.4, -0.2) is 16.2 Å². The maximum absolute atomic E-state index is 11.2. The predicted octanol–water partition coefficient (Wildman–Crippen LogP) is 2.79. The Morgan fingerprint density at radius 3 is 2.82 bits per heavy atom. The van der Waals surface area contributed by atoms with Gasteiger partial charge in [0.2, 0.25) is 0 Å². The van der Waals surface area contributed by atoms with Crippen LogP contribution in [0, 0.1) is 5.92 Å². The first-order chi connectivity index (χ1) is 8.15. The molecule has 0 bridgehead atoms. The summed E-state index contributed by atoms with van der Waals surface area (Å²) in [6.07, 6.45) is 2.94. The molecule has 1 aromatic carbocycles. The van der Waals surface area contributed by atoms with Crippen LogP contribution in [0.5, 0.6) is 0 Å². The van der Waals surface area contributed by atoms with Gasteiger partial charge in [0.05, 0.1) is 0 Å². The van der Waals surface area contributed by atoms with Gasteiger partial charge in [0.1, 0.15) is 11.3 Å². The molecular formula is C14H14O3. The second-order valence-corrected chi connectivity index (χ2v) is 4.15. The average Bonchev–Trinajstić information content (AvgIpc) is 2.30. The third kappa shape index (κ3) is 1.96. The SMILES string of the molecule is C=CCC1Cc2ccccc2C(C(=O)O)=C1O. The van der Waals surface area contributed by atoms with Gasteiger partial charge in [0.15, 0.2) is 0 Å². The Balaban J connectivity index is 2.57. The second-order valence-electron chi connectivity index (χ2n) is 4.15. The number of hydrogen-bond acceptors (Lipinski definition) is 2. The second kappa shape index (κ2) is 4.45. The molecule has 0 aliphatic heterocycles. The molecule has 0 spiro atoms. The smallest absolute Gasteiger partial charge is 0.339 e. The lowest BCUT2D eigenvalue weighted by molar-refractivity contribution is -0.130. The zero-order chi connectivity index (χ0) is 12.4. The summed E-state index contributed by atoms with van der Waals surface area (Å²) in [5.41, 5.74) is 1.62. The topological polar surface area (TPSA) is 57.5 Å². The summed E-state index contributed by atoms with van der Waals surface area (Å²) in [4.78, 5) is 11.2. The zero-order valence-electron chi connectivity index (χ0n) is 9.39. The Kier molecular flexibility index (Phi) is 3.00. The van der Waals surface area contributed by atoms with Gasteiger partial charge in [-0.15, -0.1) is 6.58 Å². The molecule has 0 saturated carbocycles. The van der Waals surface area contributed by atoms with E-state index in [0.29, 0.717) is 18.4 Å². The quantitative estimate of drug-likeness (QED) is 0.785. The van der Waals surface area contributed by atoms with Crippen LogP contribution in [0.4, 0.5) is 0 Å². The van der Waals surface area contributed by atoms with E-state index in [4.69, 9.17) is 0 Å². The van der Waals surface area contributed by atoms with Crippen molar-refractivity contribution in [1.82, 2.24) is 0 Å². The Labute approximate surface area is 99.7 Å². The van der Waals surface area contributed by atoms with Crippen molar-refractivity contribution in [3.8, 4) is 0 Å². The van der Waals surface area contributed by atoms with Gasteiger partial charge in [-0.1, -0.05) is 30.3 Å². The molecule has 0 fully saturated rings. The molecule has 1 atom stereocenters. The van der Waals surface area contributed by atoms with Gasteiger partial charge < -0.3 is 10.2 Å². The number of aliphatic hydroxyl groups is 1. The van der Waals surface area contributed by atoms with Gasteiger partial charge in [-0.2, -0.15) is 0 Å². The molecule has 3 heteroatoms. The predicted molar refractivity (Wildman–Crippen MR) is 65.6 cm³/mol. The highest BCUT2D eigenvalue weighted by molar-refractivity contribution is 6.17. The summed E-state index contributed by atoms with van der Waals surface area (Å²) >= 11 is 0. The van der Waals surface area contributed by atoms with E-state index >= 15 is 0 Å². The van der Waals surface area contributed by atoms with Gasteiger partial charge in [-0.3, -0.25) is 0 Å². The summed E-state index contributed by atoms with van der Waals surface area (Å²) < 4.78 is 0. The number of carboxylic acids is 1. The molecule has 0 aromatic heterocycles. The summed E-state index contributed by atoms with van der Waals surface area (Å²) in [6, 6.07) is 7.30. The van der Waals surface area contributed by atoms with Crippen LogP contribution in [0.3, 0.4) is 0 Å². The summed E-state index contributed by atoms with van der Waals surface area (Å²) in [7, 11) is 0.